The van der Waals surface area contributed by atoms with E-state index in [2.05, 4.69) is 4.74 Å². The molecule has 0 N–H and O–H groups in total. The Morgan fingerprint density at radius 2 is 0.892 bits per heavy atom. The van der Waals surface area contributed by atoms with Crippen molar-refractivity contribution in [2.24, 2.45) is 27.1 Å². The fourth-order valence-corrected chi connectivity index (χ4v) is 5.65. The van der Waals surface area contributed by atoms with Crippen LogP contribution in [0.5, 0.6) is 0 Å². The fourth-order valence-electron chi connectivity index (χ4n) is 5.65. The van der Waals surface area contributed by atoms with Crippen molar-refractivity contribution in [1.82, 2.24) is 0 Å². The Morgan fingerprint density at radius 1 is 0.473 bits per heavy atom. The number of rotatable bonds is 15. The molecule has 0 radical (unpaired) electrons. The molecule has 5 aliphatic heterocycles. The molecule has 5 saturated heterocycles. The third kappa shape index (κ3) is 21.3. The molecule has 0 aromatic rings. The normalized spacial score (nSPS) is 23.6. The average molecular weight is 1060 g/mol. The predicted octanol–water partition coefficient (Wildman–Crippen LogP) is 7.10. The third-order valence-electron chi connectivity index (χ3n) is 13.6. The van der Waals surface area contributed by atoms with E-state index in [4.69, 9.17) is 42.6 Å². The zero-order chi connectivity index (χ0) is 57.3. The Morgan fingerprint density at radius 3 is 1.26 bits per heavy atom. The number of carbonyl (C=O) groups is 11. The summed E-state index contributed by atoms with van der Waals surface area (Å²) in [5.74, 6) is -4.34. The van der Waals surface area contributed by atoms with Crippen LogP contribution in [0.25, 0.3) is 0 Å². The summed E-state index contributed by atoms with van der Waals surface area (Å²) in [7, 11) is 0. The molecule has 0 bridgehead atoms. The first-order valence-electron chi connectivity index (χ1n) is 25.4. The maximum absolute atomic E-state index is 11.9. The summed E-state index contributed by atoms with van der Waals surface area (Å²) in [6.07, 6.45) is 2.65. The SMILES string of the molecule is CCC(C)(C)C(=O)OC1(C)CCOC(=O)C1.CCC(C)(C)C(=O)OC1(C)COC(=O)C1.CCC(C)(C)C(=O)OC1CC(=O)OC1=O.CCC(C)(C)C(=O)OC1CCOC1=O.CCC(C)(C)C(=O)OC1COC(=O)C1. The second-order valence-electron chi connectivity index (χ2n) is 22.5. The van der Waals surface area contributed by atoms with Gasteiger partial charge in [-0.2, -0.15) is 0 Å². The lowest BCUT2D eigenvalue weighted by molar-refractivity contribution is -0.182. The van der Waals surface area contributed by atoms with Crippen molar-refractivity contribution in [2.75, 3.05) is 26.4 Å². The lowest BCUT2D eigenvalue weighted by Crippen LogP contribution is -2.43. The highest BCUT2D eigenvalue weighted by atomic mass is 16.6. The molecule has 422 valence electrons. The minimum Gasteiger partial charge on any atom is -0.465 e. The van der Waals surface area contributed by atoms with Gasteiger partial charge in [0, 0.05) is 12.8 Å². The van der Waals surface area contributed by atoms with E-state index in [9.17, 15) is 52.7 Å². The molecular formula is C53H84O21. The van der Waals surface area contributed by atoms with Crippen molar-refractivity contribution < 1.29 is 100 Å². The highest BCUT2D eigenvalue weighted by molar-refractivity contribution is 5.97. The monoisotopic (exact) mass is 1060 g/mol. The Balaban J connectivity index is 0.000000463. The van der Waals surface area contributed by atoms with Crippen LogP contribution in [0.15, 0.2) is 0 Å². The highest BCUT2D eigenvalue weighted by Crippen LogP contribution is 2.32. The van der Waals surface area contributed by atoms with E-state index in [1.165, 1.54) is 0 Å². The van der Waals surface area contributed by atoms with E-state index < -0.39 is 74.4 Å². The van der Waals surface area contributed by atoms with Gasteiger partial charge >= 0.3 is 65.7 Å². The third-order valence-corrected chi connectivity index (χ3v) is 13.6. The van der Waals surface area contributed by atoms with Gasteiger partial charge in [-0.1, -0.05) is 34.6 Å². The first kappa shape index (κ1) is 66.4. The van der Waals surface area contributed by atoms with Gasteiger partial charge in [-0.25, -0.2) is 9.59 Å². The van der Waals surface area contributed by atoms with Gasteiger partial charge < -0.3 is 47.4 Å². The summed E-state index contributed by atoms with van der Waals surface area (Å²) in [5, 5.41) is 0. The van der Waals surface area contributed by atoms with Crippen LogP contribution in [0.3, 0.4) is 0 Å². The molecule has 0 aliphatic carbocycles. The van der Waals surface area contributed by atoms with Crippen molar-refractivity contribution in [3.63, 3.8) is 0 Å². The van der Waals surface area contributed by atoms with Gasteiger partial charge in [-0.15, -0.1) is 0 Å². The minimum atomic E-state index is -1.06. The van der Waals surface area contributed by atoms with Crippen molar-refractivity contribution in [3.8, 4) is 0 Å². The molecule has 0 aromatic carbocycles. The summed E-state index contributed by atoms with van der Waals surface area (Å²) < 4.78 is 49.2. The van der Waals surface area contributed by atoms with Crippen LogP contribution in [0.1, 0.15) is 188 Å². The van der Waals surface area contributed by atoms with Crippen molar-refractivity contribution in [2.45, 2.75) is 218 Å². The Labute approximate surface area is 436 Å². The summed E-state index contributed by atoms with van der Waals surface area (Å²) in [6.45, 7) is 32.2. The van der Waals surface area contributed by atoms with Crippen molar-refractivity contribution in [3.05, 3.63) is 0 Å². The van der Waals surface area contributed by atoms with Crippen LogP contribution >= 0.6 is 0 Å². The average Bonchev–Trinajstić information content (AvgIpc) is 4.10. The van der Waals surface area contributed by atoms with E-state index >= 15 is 0 Å². The van der Waals surface area contributed by atoms with Crippen LogP contribution in [0, 0.1) is 27.1 Å². The quantitative estimate of drug-likeness (QED) is 0.0897. The standard InChI is InChI=1S/C12H20O4.C11H18O4.C10H14O5.2C10H16O4/c1-5-11(2,3)10(14)16-12(4)6-7-15-9(13)8-12;1-5-10(2,3)9(13)15-11(4)6-8(12)14-7-11;1-4-10(2,3)9(13)14-6-5-7(11)15-8(6)12;1-4-10(2,3)9(12)14-7-5-8(11)13-6-7;1-4-10(2,3)9(12)14-7-5-6-13-8(7)11/h5-8H2,1-4H3;5-7H2,1-4H3;6H,4-5H2,1-3H3;2*7H,4-6H2,1-3H3. The lowest BCUT2D eigenvalue weighted by atomic mass is 9.89. The Kier molecular flexibility index (Phi) is 24.9. The Bertz CT molecular complexity index is 2030. The smallest absolute Gasteiger partial charge is 0.355 e. The van der Waals surface area contributed by atoms with Crippen LogP contribution < -0.4 is 0 Å². The molecule has 5 heterocycles. The van der Waals surface area contributed by atoms with Gasteiger partial charge in [-0.3, -0.25) is 43.2 Å². The lowest BCUT2D eigenvalue weighted by Gasteiger charge is -2.35. The number of esters is 11. The molecule has 5 atom stereocenters. The van der Waals surface area contributed by atoms with E-state index in [0.29, 0.717) is 58.2 Å². The molecule has 21 nitrogen and oxygen atoms in total. The van der Waals surface area contributed by atoms with E-state index in [1.807, 2.05) is 76.2 Å². The summed E-state index contributed by atoms with van der Waals surface area (Å²) in [6, 6.07) is 0. The van der Waals surface area contributed by atoms with E-state index in [1.54, 1.807) is 41.5 Å². The fraction of sp³-hybridized carbons (Fsp3) is 0.792. The molecule has 5 unspecified atom stereocenters. The van der Waals surface area contributed by atoms with Crippen LogP contribution in [0.4, 0.5) is 0 Å². The molecule has 0 amide bonds. The predicted molar refractivity (Wildman–Crippen MR) is 262 cm³/mol. The molecule has 21 heteroatoms. The van der Waals surface area contributed by atoms with E-state index in [-0.39, 0.29) is 86.8 Å². The molecule has 0 spiro atoms. The molecule has 5 fully saturated rings. The van der Waals surface area contributed by atoms with Gasteiger partial charge in [-0.05, 0) is 115 Å². The first-order chi connectivity index (χ1) is 33.9. The zero-order valence-electron chi connectivity index (χ0n) is 46.9. The molecular weight excluding hydrogens is 973 g/mol. The van der Waals surface area contributed by atoms with Gasteiger partial charge in [0.05, 0.1) is 66.0 Å². The number of hydrogen-bond donors (Lipinski definition) is 0. The number of ether oxygens (including phenoxy) is 10. The summed E-state index contributed by atoms with van der Waals surface area (Å²) in [4.78, 5) is 124. The molecule has 5 aliphatic rings. The molecule has 0 saturated carbocycles. The van der Waals surface area contributed by atoms with Crippen LogP contribution in [-0.2, 0) is 100 Å². The molecule has 5 rings (SSSR count). The number of hydrogen-bond acceptors (Lipinski definition) is 21. The molecule has 74 heavy (non-hydrogen) atoms. The maximum atomic E-state index is 11.9. The number of carbonyl (C=O) groups excluding carboxylic acids is 11. The van der Waals surface area contributed by atoms with Crippen LogP contribution in [0.2, 0.25) is 0 Å². The van der Waals surface area contributed by atoms with Gasteiger partial charge in [0.15, 0.2) is 5.60 Å². The van der Waals surface area contributed by atoms with Gasteiger partial charge in [0.25, 0.3) is 0 Å². The summed E-state index contributed by atoms with van der Waals surface area (Å²) >= 11 is 0. The van der Waals surface area contributed by atoms with Gasteiger partial charge in [0.1, 0.15) is 24.9 Å². The van der Waals surface area contributed by atoms with Crippen molar-refractivity contribution in [1.29, 1.82) is 0 Å². The minimum absolute atomic E-state index is 0.151. The second kappa shape index (κ2) is 27.8. The largest absolute Gasteiger partial charge is 0.465 e. The van der Waals surface area contributed by atoms with Crippen LogP contribution in [-0.4, -0.2) is 122 Å². The molecule has 0 aromatic heterocycles. The summed E-state index contributed by atoms with van der Waals surface area (Å²) in [5.41, 5.74) is -4.13. The highest BCUT2D eigenvalue weighted by Gasteiger charge is 2.44. The van der Waals surface area contributed by atoms with Crippen molar-refractivity contribution >= 4 is 65.7 Å². The Hall–Kier alpha value is -5.63. The van der Waals surface area contributed by atoms with E-state index in [0.717, 1.165) is 0 Å². The zero-order valence-corrected chi connectivity index (χ0v) is 46.9. The maximum Gasteiger partial charge on any atom is 0.355 e. The van der Waals surface area contributed by atoms with Gasteiger partial charge in [0.2, 0.25) is 12.2 Å². The first-order valence-corrected chi connectivity index (χ1v) is 25.4. The second-order valence-corrected chi connectivity index (χ2v) is 22.5. The number of cyclic esters (lactones) is 6. The topological polar surface area (TPSA) is 280 Å².